The Morgan fingerprint density at radius 3 is 2.35 bits per heavy atom. The number of carbonyl (C=O) groups is 1. The van der Waals surface area contributed by atoms with Gasteiger partial charge in [-0.1, -0.05) is 48.0 Å². The van der Waals surface area contributed by atoms with Crippen LogP contribution in [0.2, 0.25) is 5.02 Å². The molecule has 4 rings (SSSR count). The molecule has 0 saturated heterocycles. The third-order valence-electron chi connectivity index (χ3n) is 4.19. The maximum Gasteiger partial charge on any atom is 0.255 e. The highest BCUT2D eigenvalue weighted by Gasteiger charge is 2.08. The number of pyridine rings is 1. The quantitative estimate of drug-likeness (QED) is 0.502. The van der Waals surface area contributed by atoms with Gasteiger partial charge in [0.15, 0.2) is 0 Å². The van der Waals surface area contributed by atoms with Crippen LogP contribution in [-0.4, -0.2) is 10.9 Å². The van der Waals surface area contributed by atoms with Crippen molar-refractivity contribution in [3.05, 3.63) is 95.6 Å². The van der Waals surface area contributed by atoms with Crippen LogP contribution in [0.25, 0.3) is 22.0 Å². The number of carbonyl (C=O) groups excluding carboxylic acids is 1. The van der Waals surface area contributed by atoms with Crippen molar-refractivity contribution in [1.82, 2.24) is 4.98 Å². The number of anilines is 1. The summed E-state index contributed by atoms with van der Waals surface area (Å²) in [6.07, 6.45) is 1.79. The Labute approximate surface area is 156 Å². The predicted molar refractivity (Wildman–Crippen MR) is 107 cm³/mol. The highest BCUT2D eigenvalue weighted by molar-refractivity contribution is 6.30. The molecule has 26 heavy (non-hydrogen) atoms. The van der Waals surface area contributed by atoms with Gasteiger partial charge in [0.2, 0.25) is 0 Å². The van der Waals surface area contributed by atoms with E-state index in [2.05, 4.69) is 10.3 Å². The number of halogens is 1. The summed E-state index contributed by atoms with van der Waals surface area (Å²) in [5, 5.41) is 4.59. The molecule has 1 aromatic heterocycles. The third kappa shape index (κ3) is 3.30. The third-order valence-corrected chi connectivity index (χ3v) is 4.44. The molecule has 0 spiro atoms. The van der Waals surface area contributed by atoms with Gasteiger partial charge in [-0.25, -0.2) is 0 Å². The minimum absolute atomic E-state index is 0.157. The summed E-state index contributed by atoms with van der Waals surface area (Å²) in [6, 6.07) is 24.6. The van der Waals surface area contributed by atoms with Crippen LogP contribution in [0, 0.1) is 0 Å². The molecule has 0 fully saturated rings. The molecule has 0 aliphatic carbocycles. The first kappa shape index (κ1) is 16.3. The molecule has 0 saturated carbocycles. The molecule has 1 N–H and O–H groups in total. The lowest BCUT2D eigenvalue weighted by Crippen LogP contribution is -2.11. The van der Waals surface area contributed by atoms with Gasteiger partial charge in [0, 0.05) is 33.4 Å². The van der Waals surface area contributed by atoms with E-state index in [1.807, 2.05) is 54.6 Å². The number of nitrogens with one attached hydrogen (secondary N) is 1. The van der Waals surface area contributed by atoms with Crippen LogP contribution in [-0.2, 0) is 0 Å². The number of fused-ring (bicyclic) bond motifs is 1. The largest absolute Gasteiger partial charge is 0.322 e. The average Bonchev–Trinajstić information content (AvgIpc) is 2.69. The molecule has 3 nitrogen and oxygen atoms in total. The van der Waals surface area contributed by atoms with Crippen LogP contribution in [0.5, 0.6) is 0 Å². The van der Waals surface area contributed by atoms with E-state index in [1.54, 1.807) is 30.5 Å². The maximum absolute atomic E-state index is 12.4. The van der Waals surface area contributed by atoms with Crippen molar-refractivity contribution in [2.75, 3.05) is 5.32 Å². The van der Waals surface area contributed by atoms with Gasteiger partial charge >= 0.3 is 0 Å². The Morgan fingerprint density at radius 2 is 1.58 bits per heavy atom. The van der Waals surface area contributed by atoms with E-state index in [9.17, 15) is 4.79 Å². The summed E-state index contributed by atoms with van der Waals surface area (Å²) in [6.45, 7) is 0. The Balaban J connectivity index is 1.60. The number of para-hydroxylation sites is 1. The van der Waals surface area contributed by atoms with Gasteiger partial charge in [-0.15, -0.1) is 0 Å². The zero-order valence-corrected chi connectivity index (χ0v) is 14.6. The van der Waals surface area contributed by atoms with Crippen molar-refractivity contribution in [2.45, 2.75) is 0 Å². The number of hydrogen-bond donors (Lipinski definition) is 1. The fraction of sp³-hybridized carbons (Fsp3) is 0. The van der Waals surface area contributed by atoms with E-state index in [0.29, 0.717) is 16.3 Å². The van der Waals surface area contributed by atoms with Crippen molar-refractivity contribution < 1.29 is 4.79 Å². The topological polar surface area (TPSA) is 42.0 Å². The Hall–Kier alpha value is -3.17. The molecule has 126 valence electrons. The first-order valence-corrected chi connectivity index (χ1v) is 8.59. The predicted octanol–water partition coefficient (Wildman–Crippen LogP) is 5.81. The first-order chi connectivity index (χ1) is 12.7. The summed E-state index contributed by atoms with van der Waals surface area (Å²) in [5.41, 5.74) is 4.33. The summed E-state index contributed by atoms with van der Waals surface area (Å²) < 4.78 is 0. The van der Waals surface area contributed by atoms with Crippen LogP contribution in [0.3, 0.4) is 0 Å². The number of amides is 1. The zero-order chi connectivity index (χ0) is 17.9. The number of benzene rings is 3. The van der Waals surface area contributed by atoms with E-state index in [0.717, 1.165) is 22.0 Å². The zero-order valence-electron chi connectivity index (χ0n) is 13.8. The van der Waals surface area contributed by atoms with E-state index >= 15 is 0 Å². The minimum atomic E-state index is -0.157. The molecular weight excluding hydrogens is 344 g/mol. The first-order valence-electron chi connectivity index (χ1n) is 8.22. The van der Waals surface area contributed by atoms with Gasteiger partial charge in [-0.2, -0.15) is 0 Å². The van der Waals surface area contributed by atoms with Gasteiger partial charge < -0.3 is 5.32 Å². The molecule has 0 aliphatic rings. The van der Waals surface area contributed by atoms with Crippen molar-refractivity contribution in [3.8, 4) is 11.1 Å². The summed E-state index contributed by atoms with van der Waals surface area (Å²) in [7, 11) is 0. The molecule has 0 atom stereocenters. The van der Waals surface area contributed by atoms with E-state index in [1.165, 1.54) is 0 Å². The second-order valence-electron chi connectivity index (χ2n) is 5.92. The fourth-order valence-electron chi connectivity index (χ4n) is 2.87. The van der Waals surface area contributed by atoms with E-state index in [-0.39, 0.29) is 5.91 Å². The van der Waals surface area contributed by atoms with Gasteiger partial charge in [0.1, 0.15) is 0 Å². The maximum atomic E-state index is 12.4. The smallest absolute Gasteiger partial charge is 0.255 e. The number of aromatic nitrogens is 1. The highest BCUT2D eigenvalue weighted by Crippen LogP contribution is 2.27. The molecule has 0 radical (unpaired) electrons. The molecule has 0 bridgehead atoms. The molecule has 1 heterocycles. The second kappa shape index (κ2) is 6.98. The van der Waals surface area contributed by atoms with E-state index < -0.39 is 0 Å². The van der Waals surface area contributed by atoms with Crippen LogP contribution in [0.4, 0.5) is 5.69 Å². The van der Waals surface area contributed by atoms with Crippen LogP contribution in [0.15, 0.2) is 85.1 Å². The SMILES string of the molecule is O=C(Nc1ccc(Cl)cc1)c1ccc(-c2cccc3cccnc23)cc1. The van der Waals surface area contributed by atoms with Crippen LogP contribution < -0.4 is 5.32 Å². The van der Waals surface area contributed by atoms with Crippen LogP contribution in [0.1, 0.15) is 10.4 Å². The summed E-state index contributed by atoms with van der Waals surface area (Å²) >= 11 is 5.86. The molecule has 0 unspecified atom stereocenters. The Bertz CT molecular complexity index is 1070. The van der Waals surface area contributed by atoms with Crippen molar-refractivity contribution in [2.24, 2.45) is 0 Å². The molecule has 4 aromatic rings. The summed E-state index contributed by atoms with van der Waals surface area (Å²) in [4.78, 5) is 16.9. The summed E-state index contributed by atoms with van der Waals surface area (Å²) in [5.74, 6) is -0.157. The van der Waals surface area contributed by atoms with Gasteiger partial charge in [-0.05, 0) is 48.0 Å². The monoisotopic (exact) mass is 358 g/mol. The Kier molecular flexibility index (Phi) is 4.38. The second-order valence-corrected chi connectivity index (χ2v) is 6.36. The standard InChI is InChI=1S/C22H15ClN2O/c23-18-10-12-19(13-11-18)25-22(26)17-8-6-15(7-9-17)20-5-1-3-16-4-2-14-24-21(16)20/h1-14H,(H,25,26). The van der Waals surface area contributed by atoms with Gasteiger partial charge in [-0.3, -0.25) is 9.78 Å². The lowest BCUT2D eigenvalue weighted by atomic mass is 10.0. The normalized spacial score (nSPS) is 10.7. The number of hydrogen-bond acceptors (Lipinski definition) is 2. The van der Waals surface area contributed by atoms with Crippen molar-refractivity contribution >= 4 is 34.1 Å². The lowest BCUT2D eigenvalue weighted by Gasteiger charge is -2.08. The molecular formula is C22H15ClN2O. The van der Waals surface area contributed by atoms with Crippen molar-refractivity contribution in [3.63, 3.8) is 0 Å². The Morgan fingerprint density at radius 1 is 0.846 bits per heavy atom. The molecule has 1 amide bonds. The van der Waals surface area contributed by atoms with E-state index in [4.69, 9.17) is 11.6 Å². The number of rotatable bonds is 3. The average molecular weight is 359 g/mol. The minimum Gasteiger partial charge on any atom is -0.322 e. The highest BCUT2D eigenvalue weighted by atomic mass is 35.5. The van der Waals surface area contributed by atoms with Crippen LogP contribution >= 0.6 is 11.6 Å². The number of nitrogens with zero attached hydrogens (tertiary/aromatic N) is 1. The van der Waals surface area contributed by atoms with Gasteiger partial charge in [0.05, 0.1) is 5.52 Å². The molecule has 0 aliphatic heterocycles. The molecule has 3 aromatic carbocycles. The lowest BCUT2D eigenvalue weighted by molar-refractivity contribution is 0.102. The fourth-order valence-corrected chi connectivity index (χ4v) is 3.00. The molecule has 4 heteroatoms. The van der Waals surface area contributed by atoms with Crippen molar-refractivity contribution in [1.29, 1.82) is 0 Å². The van der Waals surface area contributed by atoms with Gasteiger partial charge in [0.25, 0.3) is 5.91 Å².